The van der Waals surface area contributed by atoms with Crippen LogP contribution in [0, 0.1) is 5.82 Å². The van der Waals surface area contributed by atoms with E-state index in [2.05, 4.69) is 15.6 Å². The van der Waals surface area contributed by atoms with Gasteiger partial charge in [0.05, 0.1) is 11.4 Å². The van der Waals surface area contributed by atoms with E-state index >= 15 is 0 Å². The Kier molecular flexibility index (Phi) is 4.86. The number of anilines is 2. The van der Waals surface area contributed by atoms with E-state index in [0.717, 1.165) is 11.1 Å². The van der Waals surface area contributed by atoms with Crippen LogP contribution < -0.4 is 15.4 Å². The first-order chi connectivity index (χ1) is 13.6. The van der Waals surface area contributed by atoms with Gasteiger partial charge in [0, 0.05) is 17.0 Å². The van der Waals surface area contributed by atoms with Crippen molar-refractivity contribution in [2.24, 2.45) is 0 Å². The van der Waals surface area contributed by atoms with Gasteiger partial charge in [0.15, 0.2) is 11.7 Å². The number of benzene rings is 2. The molecule has 0 saturated heterocycles. The quantitative estimate of drug-likeness (QED) is 0.656. The molecule has 0 aliphatic carbocycles. The van der Waals surface area contributed by atoms with Crippen LogP contribution in [-0.4, -0.2) is 23.4 Å². The molecule has 2 amide bonds. The summed E-state index contributed by atoms with van der Waals surface area (Å²) in [6.45, 7) is 0.00463. The number of carbonyl (C=O) groups is 2. The highest BCUT2D eigenvalue weighted by Gasteiger charge is 2.17. The van der Waals surface area contributed by atoms with E-state index in [1.54, 1.807) is 30.3 Å². The fourth-order valence-corrected chi connectivity index (χ4v) is 3.32. The number of thiazole rings is 1. The Bertz CT molecular complexity index is 1080. The number of fused-ring (bicyclic) bond motifs is 1. The van der Waals surface area contributed by atoms with Crippen LogP contribution in [-0.2, 0) is 9.59 Å². The molecule has 0 fully saturated rings. The molecule has 0 radical (unpaired) electrons. The smallest absolute Gasteiger partial charge is 0.262 e. The highest BCUT2D eigenvalue weighted by atomic mass is 32.1. The van der Waals surface area contributed by atoms with Crippen molar-refractivity contribution in [1.82, 2.24) is 4.98 Å². The number of nitrogens with one attached hydrogen (secondary N) is 2. The van der Waals surface area contributed by atoms with E-state index in [4.69, 9.17) is 4.74 Å². The fourth-order valence-electron chi connectivity index (χ4n) is 2.60. The fraction of sp³-hybridized carbons (Fsp3) is 0.0500. The molecule has 2 heterocycles. The summed E-state index contributed by atoms with van der Waals surface area (Å²) in [4.78, 5) is 27.9. The highest BCUT2D eigenvalue weighted by molar-refractivity contribution is 7.14. The van der Waals surface area contributed by atoms with Gasteiger partial charge >= 0.3 is 0 Å². The van der Waals surface area contributed by atoms with Gasteiger partial charge in [0.1, 0.15) is 11.6 Å². The third-order valence-corrected chi connectivity index (χ3v) is 4.70. The van der Waals surface area contributed by atoms with Gasteiger partial charge in [-0.1, -0.05) is 12.1 Å². The number of rotatable bonds is 4. The zero-order valence-corrected chi connectivity index (χ0v) is 15.3. The summed E-state index contributed by atoms with van der Waals surface area (Å²) in [7, 11) is 0. The molecule has 0 unspecified atom stereocenters. The molecule has 1 aliphatic heterocycles. The number of carbonyl (C=O) groups excluding carboxylic acids is 2. The van der Waals surface area contributed by atoms with Crippen LogP contribution in [0.1, 0.15) is 5.56 Å². The predicted octanol–water partition coefficient (Wildman–Crippen LogP) is 3.93. The molecule has 0 spiro atoms. The standard InChI is InChI=1S/C20H14FN3O3S/c21-14-5-1-12(2-6-14)3-8-18(25)24-20-23-16(11-28-20)13-4-7-17-15(9-13)22-19(26)10-27-17/h1-9,11H,10H2,(H,22,26)(H,23,24,25)/b8-3-. The molecule has 6 nitrogen and oxygen atoms in total. The van der Waals surface area contributed by atoms with Crippen molar-refractivity contribution in [3.05, 3.63) is 65.3 Å². The average Bonchev–Trinajstić information content (AvgIpc) is 3.15. The minimum Gasteiger partial charge on any atom is -0.482 e. The summed E-state index contributed by atoms with van der Waals surface area (Å²) < 4.78 is 18.2. The molecular weight excluding hydrogens is 381 g/mol. The minimum absolute atomic E-state index is 0.00463. The van der Waals surface area contributed by atoms with E-state index < -0.39 is 0 Å². The summed E-state index contributed by atoms with van der Waals surface area (Å²) in [5.41, 5.74) is 2.78. The van der Waals surface area contributed by atoms with Crippen molar-refractivity contribution in [1.29, 1.82) is 0 Å². The van der Waals surface area contributed by atoms with Crippen LogP contribution in [0.3, 0.4) is 0 Å². The van der Waals surface area contributed by atoms with Crippen LogP contribution in [0.2, 0.25) is 0 Å². The van der Waals surface area contributed by atoms with Crippen molar-refractivity contribution in [3.63, 3.8) is 0 Å². The number of amides is 2. The number of halogens is 1. The van der Waals surface area contributed by atoms with Crippen molar-refractivity contribution >= 4 is 40.0 Å². The Balaban J connectivity index is 1.44. The summed E-state index contributed by atoms with van der Waals surface area (Å²) in [6.07, 6.45) is 2.95. The van der Waals surface area contributed by atoms with Gasteiger partial charge in [-0.3, -0.25) is 14.9 Å². The Morgan fingerprint density at radius 1 is 1.25 bits per heavy atom. The molecule has 2 N–H and O–H groups in total. The lowest BCUT2D eigenvalue weighted by atomic mass is 10.1. The van der Waals surface area contributed by atoms with Crippen LogP contribution in [0.5, 0.6) is 5.75 Å². The van der Waals surface area contributed by atoms with Crippen LogP contribution in [0.25, 0.3) is 17.3 Å². The van der Waals surface area contributed by atoms with E-state index in [1.165, 1.54) is 29.5 Å². The van der Waals surface area contributed by atoms with Gasteiger partial charge in [-0.15, -0.1) is 11.3 Å². The molecule has 2 aromatic carbocycles. The van der Waals surface area contributed by atoms with Gasteiger partial charge in [0.2, 0.25) is 5.91 Å². The number of hydrogen-bond acceptors (Lipinski definition) is 5. The Labute approximate surface area is 163 Å². The van der Waals surface area contributed by atoms with E-state index in [1.807, 2.05) is 11.4 Å². The first-order valence-electron chi connectivity index (χ1n) is 8.34. The maximum atomic E-state index is 12.9. The summed E-state index contributed by atoms with van der Waals surface area (Å²) in [5.74, 6) is -0.261. The Hall–Kier alpha value is -3.52. The average molecular weight is 395 g/mol. The summed E-state index contributed by atoms with van der Waals surface area (Å²) in [5, 5.41) is 7.71. The zero-order valence-electron chi connectivity index (χ0n) is 14.4. The summed E-state index contributed by atoms with van der Waals surface area (Å²) >= 11 is 1.29. The van der Waals surface area contributed by atoms with Gasteiger partial charge in [-0.2, -0.15) is 0 Å². The lowest BCUT2D eigenvalue weighted by molar-refractivity contribution is -0.118. The number of aromatic nitrogens is 1. The molecule has 1 aliphatic rings. The lowest BCUT2D eigenvalue weighted by Crippen LogP contribution is -2.25. The monoisotopic (exact) mass is 395 g/mol. The van der Waals surface area contributed by atoms with Crippen LogP contribution >= 0.6 is 11.3 Å². The van der Waals surface area contributed by atoms with Crippen LogP contribution in [0.15, 0.2) is 53.9 Å². The Morgan fingerprint density at radius 3 is 2.89 bits per heavy atom. The van der Waals surface area contributed by atoms with Gasteiger partial charge in [0.25, 0.3) is 5.91 Å². The van der Waals surface area contributed by atoms with Crippen LogP contribution in [0.4, 0.5) is 15.2 Å². The molecule has 3 aromatic rings. The van der Waals surface area contributed by atoms with E-state index in [9.17, 15) is 14.0 Å². The lowest BCUT2D eigenvalue weighted by Gasteiger charge is -2.18. The van der Waals surface area contributed by atoms with E-state index in [-0.39, 0.29) is 24.2 Å². The second-order valence-electron chi connectivity index (χ2n) is 5.96. The maximum Gasteiger partial charge on any atom is 0.262 e. The second-order valence-corrected chi connectivity index (χ2v) is 6.82. The summed E-state index contributed by atoms with van der Waals surface area (Å²) in [6, 6.07) is 11.2. The molecule has 0 atom stereocenters. The highest BCUT2D eigenvalue weighted by Crippen LogP contribution is 2.33. The third kappa shape index (κ3) is 4.07. The van der Waals surface area contributed by atoms with Gasteiger partial charge in [-0.25, -0.2) is 9.37 Å². The normalized spacial score (nSPS) is 13.0. The molecule has 1 aromatic heterocycles. The second kappa shape index (κ2) is 7.61. The SMILES string of the molecule is O=C(/C=C\c1ccc(F)cc1)Nc1nc(-c2ccc3c(c2)NC(=O)CO3)cs1. The Morgan fingerprint density at radius 2 is 2.07 bits per heavy atom. The number of nitrogens with zero attached hydrogens (tertiary/aromatic N) is 1. The zero-order chi connectivity index (χ0) is 19.5. The first-order valence-corrected chi connectivity index (χ1v) is 9.22. The van der Waals surface area contributed by atoms with Crippen molar-refractivity contribution in [2.75, 3.05) is 17.2 Å². The minimum atomic E-state index is -0.337. The van der Waals surface area contributed by atoms with Gasteiger partial charge < -0.3 is 10.1 Å². The third-order valence-electron chi connectivity index (χ3n) is 3.94. The maximum absolute atomic E-state index is 12.9. The first kappa shape index (κ1) is 17.9. The van der Waals surface area contributed by atoms with Gasteiger partial charge in [-0.05, 0) is 42.0 Å². The van der Waals surface area contributed by atoms with Crippen molar-refractivity contribution < 1.29 is 18.7 Å². The number of ether oxygens (including phenoxy) is 1. The molecule has 0 saturated carbocycles. The van der Waals surface area contributed by atoms with Crippen molar-refractivity contribution in [2.45, 2.75) is 0 Å². The van der Waals surface area contributed by atoms with Crippen molar-refractivity contribution in [3.8, 4) is 17.0 Å². The molecule has 8 heteroatoms. The predicted molar refractivity (Wildman–Crippen MR) is 106 cm³/mol. The molecule has 4 rings (SSSR count). The molecule has 0 bridgehead atoms. The molecular formula is C20H14FN3O3S. The largest absolute Gasteiger partial charge is 0.482 e. The molecule has 140 valence electrons. The molecule has 28 heavy (non-hydrogen) atoms. The topological polar surface area (TPSA) is 80.3 Å². The number of hydrogen-bond donors (Lipinski definition) is 2. The van der Waals surface area contributed by atoms with E-state index in [0.29, 0.717) is 22.3 Å².